The monoisotopic (exact) mass is 267 g/mol. The predicted octanol–water partition coefficient (Wildman–Crippen LogP) is 3.82. The molecule has 0 aliphatic rings. The number of aromatic nitrogens is 2. The molecule has 0 saturated carbocycles. The second kappa shape index (κ2) is 4.74. The van der Waals surface area contributed by atoms with Gasteiger partial charge in [0.15, 0.2) is 0 Å². The van der Waals surface area contributed by atoms with E-state index in [2.05, 4.69) is 54.5 Å². The summed E-state index contributed by atoms with van der Waals surface area (Å²) in [5.41, 5.74) is 0.0238. The highest BCUT2D eigenvalue weighted by molar-refractivity contribution is 7.12. The number of hydrogen-bond donors (Lipinski definition) is 1. The van der Waals surface area contributed by atoms with Gasteiger partial charge in [0, 0.05) is 26.7 Å². The van der Waals surface area contributed by atoms with Gasteiger partial charge in [-0.1, -0.05) is 20.8 Å². The molecule has 2 heterocycles. The van der Waals surface area contributed by atoms with Gasteiger partial charge in [0.05, 0.1) is 6.54 Å². The summed E-state index contributed by atoms with van der Waals surface area (Å²) >= 11 is 3.25. The lowest BCUT2D eigenvalue weighted by Gasteiger charge is -2.12. The Morgan fingerprint density at radius 3 is 2.59 bits per heavy atom. The van der Waals surface area contributed by atoms with Gasteiger partial charge in [0.1, 0.15) is 5.82 Å². The minimum atomic E-state index is 0.0238. The van der Waals surface area contributed by atoms with Crippen LogP contribution in [0.2, 0.25) is 0 Å². The van der Waals surface area contributed by atoms with Gasteiger partial charge in [-0.05, 0) is 19.1 Å². The lowest BCUT2D eigenvalue weighted by atomic mass is 9.96. The molecule has 1 N–H and O–H groups in total. The van der Waals surface area contributed by atoms with E-state index in [0.717, 1.165) is 17.5 Å². The maximum absolute atomic E-state index is 4.50. The Balaban J connectivity index is 1.98. The van der Waals surface area contributed by atoms with Crippen molar-refractivity contribution in [3.8, 4) is 0 Å². The van der Waals surface area contributed by atoms with Crippen LogP contribution in [-0.2, 0) is 12.0 Å². The second-order valence-corrected chi connectivity index (χ2v) is 7.16. The highest BCUT2D eigenvalue weighted by atomic mass is 32.1. The molecule has 0 amide bonds. The molecule has 0 aromatic carbocycles. The highest BCUT2D eigenvalue weighted by Crippen LogP contribution is 2.24. The zero-order valence-electron chi connectivity index (χ0n) is 10.6. The topological polar surface area (TPSA) is 37.8 Å². The quantitative estimate of drug-likeness (QED) is 0.918. The normalized spacial score (nSPS) is 11.8. The molecule has 0 unspecified atom stereocenters. The number of thiophene rings is 1. The Kier molecular flexibility index (Phi) is 3.49. The summed E-state index contributed by atoms with van der Waals surface area (Å²) in [7, 11) is 0. The van der Waals surface area contributed by atoms with Gasteiger partial charge in [-0.2, -0.15) is 4.37 Å². The molecule has 0 bridgehead atoms. The molecule has 0 saturated heterocycles. The summed E-state index contributed by atoms with van der Waals surface area (Å²) < 4.78 is 4.38. The van der Waals surface area contributed by atoms with Crippen LogP contribution in [0.25, 0.3) is 0 Å². The summed E-state index contributed by atoms with van der Waals surface area (Å²) in [4.78, 5) is 7.18. The van der Waals surface area contributed by atoms with Crippen molar-refractivity contribution in [3.05, 3.63) is 27.7 Å². The lowest BCUT2D eigenvalue weighted by molar-refractivity contribution is 0.555. The second-order valence-electron chi connectivity index (χ2n) is 5.04. The fraction of sp³-hybridized carbons (Fsp3) is 0.500. The van der Waals surface area contributed by atoms with Crippen molar-refractivity contribution in [1.82, 2.24) is 9.36 Å². The minimum absolute atomic E-state index is 0.0238. The predicted molar refractivity (Wildman–Crippen MR) is 75.0 cm³/mol. The van der Waals surface area contributed by atoms with Crippen LogP contribution in [0, 0.1) is 6.92 Å². The Hall–Kier alpha value is -0.940. The Labute approximate surface area is 110 Å². The molecule has 0 atom stereocenters. The number of anilines is 1. The molecule has 3 nitrogen and oxygen atoms in total. The largest absolute Gasteiger partial charge is 0.355 e. The van der Waals surface area contributed by atoms with Crippen LogP contribution in [0.4, 0.5) is 5.13 Å². The molecule has 0 aliphatic heterocycles. The van der Waals surface area contributed by atoms with Crippen molar-refractivity contribution in [1.29, 1.82) is 0 Å². The summed E-state index contributed by atoms with van der Waals surface area (Å²) in [6, 6.07) is 4.29. The van der Waals surface area contributed by atoms with E-state index in [1.54, 1.807) is 0 Å². The number of nitrogens with zero attached hydrogens (tertiary/aromatic N) is 2. The maximum atomic E-state index is 4.50. The first kappa shape index (κ1) is 12.5. The van der Waals surface area contributed by atoms with Crippen molar-refractivity contribution in [2.24, 2.45) is 0 Å². The zero-order valence-corrected chi connectivity index (χ0v) is 12.2. The van der Waals surface area contributed by atoms with Crippen LogP contribution in [-0.4, -0.2) is 9.36 Å². The summed E-state index contributed by atoms with van der Waals surface area (Å²) in [5, 5.41) is 4.23. The fourth-order valence-corrected chi connectivity index (χ4v) is 2.92. The van der Waals surface area contributed by atoms with E-state index in [1.807, 2.05) is 11.3 Å². The van der Waals surface area contributed by atoms with Crippen molar-refractivity contribution < 1.29 is 0 Å². The summed E-state index contributed by atoms with van der Waals surface area (Å²) in [5.74, 6) is 0.910. The third-order valence-electron chi connectivity index (χ3n) is 2.31. The van der Waals surface area contributed by atoms with Gasteiger partial charge in [-0.15, -0.1) is 11.3 Å². The van der Waals surface area contributed by atoms with Crippen LogP contribution in [0.3, 0.4) is 0 Å². The van der Waals surface area contributed by atoms with Crippen LogP contribution in [0.1, 0.15) is 36.3 Å². The number of aryl methyl sites for hydroxylation is 1. The molecule has 0 aliphatic carbocycles. The molecular formula is C12H17N3S2. The van der Waals surface area contributed by atoms with Gasteiger partial charge in [-0.25, -0.2) is 4.98 Å². The minimum Gasteiger partial charge on any atom is -0.355 e. The molecule has 5 heteroatoms. The molecular weight excluding hydrogens is 250 g/mol. The first-order chi connectivity index (χ1) is 7.95. The highest BCUT2D eigenvalue weighted by Gasteiger charge is 2.19. The van der Waals surface area contributed by atoms with Crippen molar-refractivity contribution in [3.63, 3.8) is 0 Å². The average Bonchev–Trinajstić information content (AvgIpc) is 2.82. The molecule has 0 spiro atoms. The van der Waals surface area contributed by atoms with E-state index in [4.69, 9.17) is 0 Å². The van der Waals surface area contributed by atoms with E-state index in [0.29, 0.717) is 0 Å². The van der Waals surface area contributed by atoms with E-state index < -0.39 is 0 Å². The third-order valence-corrected chi connectivity index (χ3v) is 3.98. The third kappa shape index (κ3) is 3.26. The summed E-state index contributed by atoms with van der Waals surface area (Å²) in [6.07, 6.45) is 0. The van der Waals surface area contributed by atoms with Crippen LogP contribution in [0.5, 0.6) is 0 Å². The van der Waals surface area contributed by atoms with E-state index in [-0.39, 0.29) is 5.41 Å². The van der Waals surface area contributed by atoms with Crippen LogP contribution in [0.15, 0.2) is 12.1 Å². The van der Waals surface area contributed by atoms with E-state index >= 15 is 0 Å². The first-order valence-corrected chi connectivity index (χ1v) is 7.17. The Morgan fingerprint density at radius 1 is 1.29 bits per heavy atom. The molecule has 2 aromatic rings. The molecule has 2 rings (SSSR count). The van der Waals surface area contributed by atoms with Crippen molar-refractivity contribution in [2.75, 3.05) is 5.32 Å². The van der Waals surface area contributed by atoms with Crippen molar-refractivity contribution in [2.45, 2.75) is 39.7 Å². The maximum Gasteiger partial charge on any atom is 0.202 e. The van der Waals surface area contributed by atoms with Gasteiger partial charge >= 0.3 is 0 Å². The van der Waals surface area contributed by atoms with E-state index in [9.17, 15) is 0 Å². The first-order valence-electron chi connectivity index (χ1n) is 5.58. The fourth-order valence-electron chi connectivity index (χ4n) is 1.34. The van der Waals surface area contributed by atoms with Gasteiger partial charge in [0.2, 0.25) is 5.13 Å². The van der Waals surface area contributed by atoms with E-state index in [1.165, 1.54) is 21.3 Å². The van der Waals surface area contributed by atoms with Gasteiger partial charge in [-0.3, -0.25) is 0 Å². The molecule has 0 fully saturated rings. The number of hydrogen-bond acceptors (Lipinski definition) is 5. The average molecular weight is 267 g/mol. The number of nitrogens with one attached hydrogen (secondary N) is 1. The molecule has 92 valence electrons. The SMILES string of the molecule is Cc1ccc(CNc2nc(C(C)(C)C)ns2)s1. The molecule has 2 aromatic heterocycles. The van der Waals surface area contributed by atoms with Crippen LogP contribution >= 0.6 is 22.9 Å². The summed E-state index contributed by atoms with van der Waals surface area (Å²) in [6.45, 7) is 9.33. The Bertz CT molecular complexity index is 494. The van der Waals surface area contributed by atoms with Gasteiger partial charge in [0.25, 0.3) is 0 Å². The number of rotatable bonds is 3. The smallest absolute Gasteiger partial charge is 0.202 e. The lowest BCUT2D eigenvalue weighted by Crippen LogP contribution is -2.13. The van der Waals surface area contributed by atoms with Crippen LogP contribution < -0.4 is 5.32 Å². The zero-order chi connectivity index (χ0) is 12.5. The van der Waals surface area contributed by atoms with Crippen molar-refractivity contribution >= 4 is 28.0 Å². The molecule has 0 radical (unpaired) electrons. The molecule has 17 heavy (non-hydrogen) atoms. The Morgan fingerprint density at radius 2 is 2.06 bits per heavy atom. The van der Waals surface area contributed by atoms with Gasteiger partial charge < -0.3 is 5.32 Å². The standard InChI is InChI=1S/C12H17N3S2/c1-8-5-6-9(16-8)7-13-11-14-10(15-17-11)12(2,3)4/h5-6H,7H2,1-4H3,(H,13,14,15).